The molecule has 0 saturated carbocycles. The molecule has 0 aromatic heterocycles. The summed E-state index contributed by atoms with van der Waals surface area (Å²) in [6, 6.07) is 0. The van der Waals surface area contributed by atoms with Crippen LogP contribution in [0.1, 0.15) is 20.3 Å². The molecule has 0 fully saturated rings. The van der Waals surface area contributed by atoms with Gasteiger partial charge in [-0.15, -0.1) is 0 Å². The highest BCUT2D eigenvalue weighted by atomic mass is 19.1. The second-order valence-corrected chi connectivity index (χ2v) is 2.30. The highest BCUT2D eigenvalue weighted by Crippen LogP contribution is 2.07. The molecule has 64 valence electrons. The molecule has 0 radical (unpaired) electrons. The van der Waals surface area contributed by atoms with Gasteiger partial charge in [0.05, 0.1) is 0 Å². The minimum absolute atomic E-state index is 0.291. The van der Waals surface area contributed by atoms with Crippen LogP contribution >= 0.6 is 0 Å². The zero-order chi connectivity index (χ0) is 8.85. The van der Waals surface area contributed by atoms with Crippen molar-refractivity contribution in [2.75, 3.05) is 7.05 Å². The van der Waals surface area contributed by atoms with Gasteiger partial charge in [-0.3, -0.25) is 0 Å². The Morgan fingerprint density at radius 3 is 2.55 bits per heavy atom. The highest BCUT2D eigenvalue weighted by Gasteiger charge is 1.96. The molecule has 0 unspecified atom stereocenters. The van der Waals surface area contributed by atoms with Gasteiger partial charge in [0.15, 0.2) is 0 Å². The van der Waals surface area contributed by atoms with E-state index in [1.807, 2.05) is 6.92 Å². The van der Waals surface area contributed by atoms with Crippen molar-refractivity contribution in [3.05, 3.63) is 23.3 Å². The van der Waals surface area contributed by atoms with E-state index in [1.54, 1.807) is 14.0 Å². The highest BCUT2D eigenvalue weighted by molar-refractivity contribution is 5.20. The normalized spacial score (nSPS) is 14.4. The van der Waals surface area contributed by atoms with Crippen molar-refractivity contribution in [3.8, 4) is 0 Å². The first-order valence-electron chi connectivity index (χ1n) is 3.62. The number of halogens is 1. The first-order chi connectivity index (χ1) is 5.11. The van der Waals surface area contributed by atoms with Gasteiger partial charge in [0.1, 0.15) is 5.83 Å². The molecule has 0 aromatic carbocycles. The molecular weight excluding hydrogens is 143 g/mol. The fourth-order valence-corrected chi connectivity index (χ4v) is 0.524. The minimum atomic E-state index is -0.348. The molecule has 2 nitrogen and oxygen atoms in total. The van der Waals surface area contributed by atoms with Gasteiger partial charge >= 0.3 is 0 Å². The Balaban J connectivity index is 4.37. The van der Waals surface area contributed by atoms with Gasteiger partial charge in [-0.05, 0) is 19.4 Å². The summed E-state index contributed by atoms with van der Waals surface area (Å²) < 4.78 is 12.9. The number of nitrogens with one attached hydrogen (secondary N) is 1. The Labute approximate surface area is 67.0 Å². The molecule has 11 heavy (non-hydrogen) atoms. The van der Waals surface area contributed by atoms with E-state index in [0.29, 0.717) is 12.1 Å². The Hall–Kier alpha value is -0.990. The summed E-state index contributed by atoms with van der Waals surface area (Å²) in [4.78, 5) is 0. The molecule has 0 aromatic rings. The molecular formula is C8H15FN2. The van der Waals surface area contributed by atoms with E-state index >= 15 is 0 Å². The number of rotatable bonds is 3. The quantitative estimate of drug-likeness (QED) is 0.613. The summed E-state index contributed by atoms with van der Waals surface area (Å²) in [5, 5.41) is 2.81. The summed E-state index contributed by atoms with van der Waals surface area (Å²) in [6.07, 6.45) is 1.93. The average Bonchev–Trinajstić information content (AvgIpc) is 2.02. The standard InChI is InChI=1S/C8H15FN2/c1-4-8(10)7(9)5-6(2)11-3/h5,11H,4,10H2,1-3H3/b6-5-,8-7+. The van der Waals surface area contributed by atoms with Crippen LogP contribution in [0.4, 0.5) is 4.39 Å². The van der Waals surface area contributed by atoms with Crippen LogP contribution in [0.15, 0.2) is 23.3 Å². The Kier molecular flexibility index (Phi) is 4.34. The molecule has 0 saturated heterocycles. The third kappa shape index (κ3) is 3.65. The summed E-state index contributed by atoms with van der Waals surface area (Å²) >= 11 is 0. The predicted molar refractivity (Wildman–Crippen MR) is 45.4 cm³/mol. The Bertz CT molecular complexity index is 183. The van der Waals surface area contributed by atoms with Crippen LogP contribution in [0.3, 0.4) is 0 Å². The molecule has 3 heteroatoms. The van der Waals surface area contributed by atoms with E-state index in [9.17, 15) is 4.39 Å². The van der Waals surface area contributed by atoms with Crippen molar-refractivity contribution in [1.82, 2.24) is 5.32 Å². The van der Waals surface area contributed by atoms with Crippen molar-refractivity contribution < 1.29 is 4.39 Å². The lowest BCUT2D eigenvalue weighted by atomic mass is 10.3. The van der Waals surface area contributed by atoms with Gasteiger partial charge in [-0.25, -0.2) is 4.39 Å². The van der Waals surface area contributed by atoms with Crippen LogP contribution in [-0.4, -0.2) is 7.05 Å². The van der Waals surface area contributed by atoms with Crippen LogP contribution in [0.25, 0.3) is 0 Å². The number of hydrogen-bond acceptors (Lipinski definition) is 2. The topological polar surface area (TPSA) is 38.0 Å². The number of nitrogens with two attached hydrogens (primary N) is 1. The lowest BCUT2D eigenvalue weighted by Gasteiger charge is -1.99. The maximum atomic E-state index is 12.9. The van der Waals surface area contributed by atoms with Crippen molar-refractivity contribution in [1.29, 1.82) is 0 Å². The van der Waals surface area contributed by atoms with Gasteiger partial charge in [0.2, 0.25) is 0 Å². The van der Waals surface area contributed by atoms with E-state index in [2.05, 4.69) is 5.32 Å². The van der Waals surface area contributed by atoms with Gasteiger partial charge < -0.3 is 11.1 Å². The van der Waals surface area contributed by atoms with Gasteiger partial charge in [0, 0.05) is 18.4 Å². The van der Waals surface area contributed by atoms with Crippen LogP contribution < -0.4 is 11.1 Å². The summed E-state index contributed by atoms with van der Waals surface area (Å²) in [5.41, 5.74) is 6.41. The van der Waals surface area contributed by atoms with Crippen LogP contribution in [0.5, 0.6) is 0 Å². The molecule has 0 aliphatic heterocycles. The fourth-order valence-electron chi connectivity index (χ4n) is 0.524. The van der Waals surface area contributed by atoms with Gasteiger partial charge in [0.25, 0.3) is 0 Å². The van der Waals surface area contributed by atoms with Crippen LogP contribution in [0, 0.1) is 0 Å². The van der Waals surface area contributed by atoms with Crippen molar-refractivity contribution in [3.63, 3.8) is 0 Å². The number of hydrogen-bond donors (Lipinski definition) is 2. The van der Waals surface area contributed by atoms with E-state index < -0.39 is 0 Å². The van der Waals surface area contributed by atoms with E-state index in [-0.39, 0.29) is 5.83 Å². The SMILES string of the molecule is CC/C(N)=C(F)/C=C(/C)NC. The smallest absolute Gasteiger partial charge is 0.143 e. The molecule has 0 atom stereocenters. The molecule has 0 aliphatic rings. The molecule has 0 rings (SSSR count). The maximum absolute atomic E-state index is 12.9. The van der Waals surface area contributed by atoms with Crippen LogP contribution in [0.2, 0.25) is 0 Å². The average molecular weight is 158 g/mol. The van der Waals surface area contributed by atoms with E-state index in [1.165, 1.54) is 6.08 Å². The first-order valence-corrected chi connectivity index (χ1v) is 3.62. The fraction of sp³-hybridized carbons (Fsp3) is 0.500. The third-order valence-corrected chi connectivity index (χ3v) is 1.43. The van der Waals surface area contributed by atoms with Gasteiger partial charge in [-0.2, -0.15) is 0 Å². The summed E-state index contributed by atoms with van der Waals surface area (Å²) in [5.74, 6) is -0.348. The Morgan fingerprint density at radius 2 is 2.18 bits per heavy atom. The molecule has 0 heterocycles. The minimum Gasteiger partial charge on any atom is -0.400 e. The van der Waals surface area contributed by atoms with Crippen molar-refractivity contribution in [2.45, 2.75) is 20.3 Å². The third-order valence-electron chi connectivity index (χ3n) is 1.43. The first kappa shape index (κ1) is 10.0. The predicted octanol–water partition coefficient (Wildman–Crippen LogP) is 1.66. The molecule has 3 N–H and O–H groups in total. The zero-order valence-electron chi connectivity index (χ0n) is 7.24. The molecule has 0 bridgehead atoms. The van der Waals surface area contributed by atoms with Crippen molar-refractivity contribution >= 4 is 0 Å². The van der Waals surface area contributed by atoms with Crippen LogP contribution in [-0.2, 0) is 0 Å². The molecule has 0 spiro atoms. The molecule has 0 amide bonds. The Morgan fingerprint density at radius 1 is 1.64 bits per heavy atom. The lowest BCUT2D eigenvalue weighted by Crippen LogP contribution is -2.03. The summed E-state index contributed by atoms with van der Waals surface area (Å²) in [6.45, 7) is 3.60. The van der Waals surface area contributed by atoms with E-state index in [4.69, 9.17) is 5.73 Å². The second kappa shape index (κ2) is 4.77. The lowest BCUT2D eigenvalue weighted by molar-refractivity contribution is 0.641. The summed E-state index contributed by atoms with van der Waals surface area (Å²) in [7, 11) is 1.74. The molecule has 0 aliphatic carbocycles. The monoisotopic (exact) mass is 158 g/mol. The second-order valence-electron chi connectivity index (χ2n) is 2.30. The number of allylic oxidation sites excluding steroid dienone is 4. The maximum Gasteiger partial charge on any atom is 0.143 e. The van der Waals surface area contributed by atoms with Gasteiger partial charge in [-0.1, -0.05) is 6.92 Å². The van der Waals surface area contributed by atoms with E-state index in [0.717, 1.165) is 5.70 Å². The van der Waals surface area contributed by atoms with Crippen molar-refractivity contribution in [2.24, 2.45) is 5.73 Å². The zero-order valence-corrected chi connectivity index (χ0v) is 7.24. The largest absolute Gasteiger partial charge is 0.400 e.